The van der Waals surface area contributed by atoms with Crippen LogP contribution in [0.5, 0.6) is 0 Å². The molecule has 0 amide bonds. The van der Waals surface area contributed by atoms with Crippen LogP contribution in [0.2, 0.25) is 0 Å². The van der Waals surface area contributed by atoms with Crippen LogP contribution in [0.4, 0.5) is 5.69 Å². The smallest absolute Gasteiger partial charge is 0.0483 e. The summed E-state index contributed by atoms with van der Waals surface area (Å²) in [5.41, 5.74) is 11.7. The molecular formula is C12H19N3. The van der Waals surface area contributed by atoms with Crippen LogP contribution in [0, 0.1) is 0 Å². The third-order valence-electron chi connectivity index (χ3n) is 2.43. The van der Waals surface area contributed by atoms with E-state index in [1.54, 1.807) is 0 Å². The number of hydrogen-bond acceptors (Lipinski definition) is 3. The number of nitrogens with two attached hydrogens (primary N) is 2. The minimum Gasteiger partial charge on any atom is -0.398 e. The summed E-state index contributed by atoms with van der Waals surface area (Å²) in [6, 6.07) is 7.88. The lowest BCUT2D eigenvalue weighted by Crippen LogP contribution is -2.28. The monoisotopic (exact) mass is 205 g/mol. The van der Waals surface area contributed by atoms with E-state index in [9.17, 15) is 0 Å². The minimum atomic E-state index is 0.0999. The molecule has 3 heteroatoms. The molecule has 0 spiro atoms. The number of hydrazine groups is 1. The average molecular weight is 205 g/mol. The summed E-state index contributed by atoms with van der Waals surface area (Å²) in [7, 11) is 0. The van der Waals surface area contributed by atoms with E-state index in [-0.39, 0.29) is 6.04 Å². The van der Waals surface area contributed by atoms with Crippen LogP contribution >= 0.6 is 0 Å². The molecule has 0 radical (unpaired) electrons. The van der Waals surface area contributed by atoms with Crippen molar-refractivity contribution in [1.82, 2.24) is 5.43 Å². The van der Waals surface area contributed by atoms with E-state index in [0.717, 1.165) is 29.7 Å². The molecule has 1 aromatic carbocycles. The second-order valence-corrected chi connectivity index (χ2v) is 3.84. The van der Waals surface area contributed by atoms with Crippen LogP contribution in [0.1, 0.15) is 31.4 Å². The Bertz CT molecular complexity index is 333. The zero-order valence-electron chi connectivity index (χ0n) is 9.16. The molecule has 15 heavy (non-hydrogen) atoms. The predicted molar refractivity (Wildman–Crippen MR) is 65.0 cm³/mol. The molecule has 82 valence electrons. The molecule has 5 N–H and O–H groups in total. The highest BCUT2D eigenvalue weighted by Crippen LogP contribution is 2.24. The largest absolute Gasteiger partial charge is 0.398 e. The molecule has 0 bridgehead atoms. The van der Waals surface area contributed by atoms with Crippen molar-refractivity contribution in [1.29, 1.82) is 0 Å². The summed E-state index contributed by atoms with van der Waals surface area (Å²) in [5.74, 6) is 5.52. The van der Waals surface area contributed by atoms with Crippen LogP contribution in [0.3, 0.4) is 0 Å². The number of anilines is 1. The van der Waals surface area contributed by atoms with E-state index < -0.39 is 0 Å². The van der Waals surface area contributed by atoms with E-state index in [1.807, 2.05) is 31.2 Å². The molecule has 0 saturated heterocycles. The highest BCUT2D eigenvalue weighted by atomic mass is 15.2. The lowest BCUT2D eigenvalue weighted by Gasteiger charge is -2.18. The standard InChI is InChI=1S/C12H19N3/c1-9(2)7-8-12(15-14)10-5-3-4-6-11(10)13/h3-6,12,15H,1,7-8,13-14H2,2H3. The topological polar surface area (TPSA) is 64.1 Å². The van der Waals surface area contributed by atoms with Crippen LogP contribution < -0.4 is 17.0 Å². The van der Waals surface area contributed by atoms with E-state index in [0.29, 0.717) is 0 Å². The lowest BCUT2D eigenvalue weighted by molar-refractivity contribution is 0.517. The van der Waals surface area contributed by atoms with Crippen LogP contribution in [-0.2, 0) is 0 Å². The second-order valence-electron chi connectivity index (χ2n) is 3.84. The number of hydrogen-bond donors (Lipinski definition) is 3. The third kappa shape index (κ3) is 3.38. The number of nitrogens with one attached hydrogen (secondary N) is 1. The Hall–Kier alpha value is -1.32. The van der Waals surface area contributed by atoms with Crippen molar-refractivity contribution in [2.45, 2.75) is 25.8 Å². The highest BCUT2D eigenvalue weighted by molar-refractivity contribution is 5.48. The van der Waals surface area contributed by atoms with Gasteiger partial charge in [0.1, 0.15) is 0 Å². The first-order valence-electron chi connectivity index (χ1n) is 5.10. The first-order valence-corrected chi connectivity index (χ1v) is 5.10. The van der Waals surface area contributed by atoms with Crippen molar-refractivity contribution in [2.75, 3.05) is 5.73 Å². The van der Waals surface area contributed by atoms with Crippen molar-refractivity contribution in [3.8, 4) is 0 Å². The van der Waals surface area contributed by atoms with Crippen LogP contribution in [-0.4, -0.2) is 0 Å². The summed E-state index contributed by atoms with van der Waals surface area (Å²) in [5, 5.41) is 0. The minimum absolute atomic E-state index is 0.0999. The van der Waals surface area contributed by atoms with Crippen molar-refractivity contribution < 1.29 is 0 Å². The van der Waals surface area contributed by atoms with Crippen molar-refractivity contribution in [2.24, 2.45) is 5.84 Å². The summed E-state index contributed by atoms with van der Waals surface area (Å²) in [4.78, 5) is 0. The van der Waals surface area contributed by atoms with Gasteiger partial charge in [-0.05, 0) is 31.4 Å². The molecule has 0 aromatic heterocycles. The molecule has 1 aromatic rings. The molecule has 3 nitrogen and oxygen atoms in total. The fourth-order valence-electron chi connectivity index (χ4n) is 1.55. The molecule has 1 atom stereocenters. The van der Waals surface area contributed by atoms with Gasteiger partial charge in [-0.2, -0.15) is 0 Å². The molecule has 0 aliphatic carbocycles. The van der Waals surface area contributed by atoms with Gasteiger partial charge in [0.2, 0.25) is 0 Å². The van der Waals surface area contributed by atoms with Gasteiger partial charge in [0.25, 0.3) is 0 Å². The Morgan fingerprint density at radius 1 is 1.47 bits per heavy atom. The number of nitrogen functional groups attached to an aromatic ring is 1. The Kier molecular flexibility index (Phi) is 4.34. The van der Waals surface area contributed by atoms with Gasteiger partial charge in [0.15, 0.2) is 0 Å². The first kappa shape index (κ1) is 11.8. The van der Waals surface area contributed by atoms with E-state index >= 15 is 0 Å². The molecule has 0 heterocycles. The molecule has 1 unspecified atom stereocenters. The Morgan fingerprint density at radius 2 is 2.13 bits per heavy atom. The van der Waals surface area contributed by atoms with Gasteiger partial charge in [0, 0.05) is 11.7 Å². The molecule has 0 fully saturated rings. The van der Waals surface area contributed by atoms with Gasteiger partial charge in [0.05, 0.1) is 0 Å². The van der Waals surface area contributed by atoms with Crippen molar-refractivity contribution in [3.63, 3.8) is 0 Å². The lowest BCUT2D eigenvalue weighted by atomic mass is 9.99. The van der Waals surface area contributed by atoms with Gasteiger partial charge in [-0.25, -0.2) is 0 Å². The maximum Gasteiger partial charge on any atom is 0.0483 e. The van der Waals surface area contributed by atoms with Gasteiger partial charge in [-0.1, -0.05) is 23.8 Å². The fourth-order valence-corrected chi connectivity index (χ4v) is 1.55. The summed E-state index contributed by atoms with van der Waals surface area (Å²) in [6.45, 7) is 5.89. The summed E-state index contributed by atoms with van der Waals surface area (Å²) in [6.07, 6.45) is 1.86. The Morgan fingerprint density at radius 3 is 2.67 bits per heavy atom. The second kappa shape index (κ2) is 5.53. The van der Waals surface area contributed by atoms with Crippen molar-refractivity contribution >= 4 is 5.69 Å². The Balaban J connectivity index is 2.74. The van der Waals surface area contributed by atoms with Gasteiger partial charge in [-0.15, -0.1) is 6.58 Å². The summed E-state index contributed by atoms with van der Waals surface area (Å²) >= 11 is 0. The molecule has 0 saturated carbocycles. The van der Waals surface area contributed by atoms with E-state index in [4.69, 9.17) is 11.6 Å². The average Bonchev–Trinajstić information content (AvgIpc) is 2.21. The maximum atomic E-state index is 5.89. The fraction of sp³-hybridized carbons (Fsp3) is 0.333. The van der Waals surface area contributed by atoms with Crippen LogP contribution in [0.15, 0.2) is 36.4 Å². The van der Waals surface area contributed by atoms with Gasteiger partial charge in [-0.3, -0.25) is 11.3 Å². The van der Waals surface area contributed by atoms with Gasteiger partial charge < -0.3 is 5.73 Å². The first-order chi connectivity index (χ1) is 7.15. The van der Waals surface area contributed by atoms with Crippen LogP contribution in [0.25, 0.3) is 0 Å². The number of rotatable bonds is 5. The quantitative estimate of drug-likeness (QED) is 0.298. The number of para-hydroxylation sites is 1. The van der Waals surface area contributed by atoms with Gasteiger partial charge >= 0.3 is 0 Å². The van der Waals surface area contributed by atoms with Crippen molar-refractivity contribution in [3.05, 3.63) is 42.0 Å². The zero-order chi connectivity index (χ0) is 11.3. The number of benzene rings is 1. The highest BCUT2D eigenvalue weighted by Gasteiger charge is 2.11. The van der Waals surface area contributed by atoms with E-state index in [1.165, 1.54) is 0 Å². The predicted octanol–water partition coefficient (Wildman–Crippen LogP) is 2.13. The molecule has 0 aliphatic rings. The molecular weight excluding hydrogens is 186 g/mol. The Labute approximate surface area is 91.1 Å². The normalized spacial score (nSPS) is 12.4. The zero-order valence-corrected chi connectivity index (χ0v) is 9.16. The SMILES string of the molecule is C=C(C)CCC(NN)c1ccccc1N. The molecule has 0 aliphatic heterocycles. The maximum absolute atomic E-state index is 5.89. The third-order valence-corrected chi connectivity index (χ3v) is 2.43. The van der Waals surface area contributed by atoms with E-state index in [2.05, 4.69) is 12.0 Å². The summed E-state index contributed by atoms with van der Waals surface area (Å²) < 4.78 is 0. The molecule has 1 rings (SSSR count). The number of allylic oxidation sites excluding steroid dienone is 1.